The minimum atomic E-state index is 0.252. The highest BCUT2D eigenvalue weighted by Crippen LogP contribution is 2.44. The normalized spacial score (nSPS) is 21.9. The molecule has 166 valence electrons. The molecule has 2 aliphatic rings. The number of fused-ring (bicyclic) bond motifs is 3. The van der Waals surface area contributed by atoms with Crippen LogP contribution in [0.1, 0.15) is 63.5 Å². The van der Waals surface area contributed by atoms with Crippen LogP contribution in [0, 0.1) is 0 Å². The third-order valence-electron chi connectivity index (χ3n) is 6.67. The molecule has 0 bridgehead atoms. The van der Waals surface area contributed by atoms with E-state index in [1.807, 2.05) is 11.3 Å². The Morgan fingerprint density at radius 2 is 1.23 bits per heavy atom. The number of epoxide rings is 2. The molecule has 1 aromatic heterocycles. The molecular formula is C26H32O4S. The molecule has 31 heavy (non-hydrogen) atoms. The minimum Gasteiger partial charge on any atom is -0.490 e. The van der Waals surface area contributed by atoms with Crippen LogP contribution in [0.3, 0.4) is 0 Å². The zero-order valence-corrected chi connectivity index (χ0v) is 19.7. The lowest BCUT2D eigenvalue weighted by Crippen LogP contribution is -2.07. The third kappa shape index (κ3) is 4.41. The quantitative estimate of drug-likeness (QED) is 0.332. The molecule has 2 aliphatic heterocycles. The molecule has 0 saturated carbocycles. The SMILES string of the molecule is CCC(C)c1cc2sc3cc(C(C)CC)c(OCC4CO4)cc3c2cc1OCC1CO1. The topological polar surface area (TPSA) is 43.5 Å². The molecule has 2 aromatic carbocycles. The van der Waals surface area contributed by atoms with E-state index in [0.29, 0.717) is 25.0 Å². The van der Waals surface area contributed by atoms with E-state index in [9.17, 15) is 0 Å². The van der Waals surface area contributed by atoms with Crippen molar-refractivity contribution >= 4 is 31.5 Å². The highest BCUT2D eigenvalue weighted by atomic mass is 32.1. The summed E-state index contributed by atoms with van der Waals surface area (Å²) in [5, 5.41) is 2.50. The number of benzene rings is 2. The van der Waals surface area contributed by atoms with E-state index in [1.165, 1.54) is 31.3 Å². The van der Waals surface area contributed by atoms with Crippen LogP contribution in [0.2, 0.25) is 0 Å². The fourth-order valence-corrected chi connectivity index (χ4v) is 5.18. The first-order valence-corrected chi connectivity index (χ1v) is 12.4. The largest absolute Gasteiger partial charge is 0.490 e. The Kier molecular flexibility index (Phi) is 5.84. The summed E-state index contributed by atoms with van der Waals surface area (Å²) in [6, 6.07) is 9.18. The van der Waals surface area contributed by atoms with Crippen LogP contribution < -0.4 is 9.47 Å². The second kappa shape index (κ2) is 8.61. The van der Waals surface area contributed by atoms with Gasteiger partial charge in [0, 0.05) is 20.2 Å². The lowest BCUT2D eigenvalue weighted by Gasteiger charge is -2.17. The molecule has 4 unspecified atom stereocenters. The van der Waals surface area contributed by atoms with Crippen LogP contribution in [0.25, 0.3) is 20.2 Å². The summed E-state index contributed by atoms with van der Waals surface area (Å²) in [7, 11) is 0. The van der Waals surface area contributed by atoms with Gasteiger partial charge in [0.2, 0.25) is 0 Å². The van der Waals surface area contributed by atoms with E-state index >= 15 is 0 Å². The molecule has 0 amide bonds. The number of hydrogen-bond acceptors (Lipinski definition) is 5. The molecule has 4 atom stereocenters. The lowest BCUT2D eigenvalue weighted by atomic mass is 9.94. The van der Waals surface area contributed by atoms with E-state index in [2.05, 4.69) is 52.0 Å². The van der Waals surface area contributed by atoms with Gasteiger partial charge in [-0.15, -0.1) is 11.3 Å². The number of thiophene rings is 1. The molecular weight excluding hydrogens is 408 g/mol. The Hall–Kier alpha value is -1.82. The first kappa shape index (κ1) is 21.0. The highest BCUT2D eigenvalue weighted by Gasteiger charge is 2.26. The van der Waals surface area contributed by atoms with Crippen LogP contribution in [-0.2, 0) is 9.47 Å². The van der Waals surface area contributed by atoms with Crippen molar-refractivity contribution in [1.82, 2.24) is 0 Å². The van der Waals surface area contributed by atoms with Crippen molar-refractivity contribution in [2.45, 2.75) is 64.6 Å². The van der Waals surface area contributed by atoms with Crippen molar-refractivity contribution in [3.8, 4) is 11.5 Å². The van der Waals surface area contributed by atoms with Crippen molar-refractivity contribution in [3.63, 3.8) is 0 Å². The van der Waals surface area contributed by atoms with Gasteiger partial charge in [-0.05, 0) is 60.1 Å². The van der Waals surface area contributed by atoms with Crippen LogP contribution in [-0.4, -0.2) is 38.6 Å². The van der Waals surface area contributed by atoms with Gasteiger partial charge in [-0.1, -0.05) is 27.7 Å². The first-order valence-electron chi connectivity index (χ1n) is 11.6. The zero-order valence-electron chi connectivity index (χ0n) is 18.9. The van der Waals surface area contributed by atoms with Gasteiger partial charge >= 0.3 is 0 Å². The standard InChI is InChI=1S/C26H32O4S/c1-5-15(3)19-9-25-21(7-23(19)29-13-17-11-27-17)22-8-24(30-14-18-12-28-18)20(16(4)6-2)10-26(22)31-25/h7-10,15-18H,5-6,11-14H2,1-4H3. The van der Waals surface area contributed by atoms with Crippen LogP contribution >= 0.6 is 11.3 Å². The van der Waals surface area contributed by atoms with Gasteiger partial charge in [0.25, 0.3) is 0 Å². The summed E-state index contributed by atoms with van der Waals surface area (Å²) in [5.41, 5.74) is 2.60. The van der Waals surface area contributed by atoms with Gasteiger partial charge in [0.15, 0.2) is 0 Å². The lowest BCUT2D eigenvalue weighted by molar-refractivity contribution is 0.260. The second-order valence-electron chi connectivity index (χ2n) is 9.03. The molecule has 4 nitrogen and oxygen atoms in total. The van der Waals surface area contributed by atoms with Gasteiger partial charge in [0.1, 0.15) is 36.9 Å². The molecule has 2 saturated heterocycles. The second-order valence-corrected chi connectivity index (χ2v) is 10.1. The van der Waals surface area contributed by atoms with Gasteiger partial charge in [0.05, 0.1) is 13.2 Å². The molecule has 3 heterocycles. The Morgan fingerprint density at radius 1 is 0.806 bits per heavy atom. The summed E-state index contributed by atoms with van der Waals surface area (Å²) >= 11 is 1.88. The van der Waals surface area contributed by atoms with Gasteiger partial charge < -0.3 is 18.9 Å². The summed E-state index contributed by atoms with van der Waals surface area (Å²) in [6.45, 7) is 11.9. The Morgan fingerprint density at radius 3 is 1.58 bits per heavy atom. The van der Waals surface area contributed by atoms with Crippen LogP contribution in [0.15, 0.2) is 24.3 Å². The van der Waals surface area contributed by atoms with E-state index < -0.39 is 0 Å². The Bertz CT molecular complexity index is 996. The predicted molar refractivity (Wildman–Crippen MR) is 127 cm³/mol. The maximum absolute atomic E-state index is 6.24. The minimum absolute atomic E-state index is 0.252. The maximum Gasteiger partial charge on any atom is 0.123 e. The third-order valence-corrected chi connectivity index (χ3v) is 7.79. The van der Waals surface area contributed by atoms with Crippen molar-refractivity contribution in [2.24, 2.45) is 0 Å². The van der Waals surface area contributed by atoms with Gasteiger partial charge in [-0.3, -0.25) is 0 Å². The van der Waals surface area contributed by atoms with E-state index in [1.54, 1.807) is 0 Å². The zero-order chi connectivity index (χ0) is 21.5. The number of hydrogen-bond donors (Lipinski definition) is 0. The van der Waals surface area contributed by atoms with Crippen molar-refractivity contribution in [2.75, 3.05) is 26.4 Å². The van der Waals surface area contributed by atoms with Crippen LogP contribution in [0.4, 0.5) is 0 Å². The average molecular weight is 441 g/mol. The molecule has 0 spiro atoms. The summed E-state index contributed by atoms with van der Waals surface area (Å²) in [5.74, 6) is 2.91. The monoisotopic (exact) mass is 440 g/mol. The molecule has 2 fully saturated rings. The Balaban J connectivity index is 1.60. The van der Waals surface area contributed by atoms with Crippen molar-refractivity contribution < 1.29 is 18.9 Å². The fourth-order valence-electron chi connectivity index (χ4n) is 4.01. The molecule has 0 aliphatic carbocycles. The fraction of sp³-hybridized carbons (Fsp3) is 0.538. The number of ether oxygens (including phenoxy) is 4. The molecule has 0 radical (unpaired) electrons. The van der Waals surface area contributed by atoms with E-state index in [4.69, 9.17) is 18.9 Å². The van der Waals surface area contributed by atoms with Crippen LogP contribution in [0.5, 0.6) is 11.5 Å². The first-order chi connectivity index (χ1) is 15.1. The van der Waals surface area contributed by atoms with E-state index in [-0.39, 0.29) is 12.2 Å². The molecule has 5 rings (SSSR count). The summed E-state index contributed by atoms with van der Waals surface area (Å²) in [4.78, 5) is 0. The van der Waals surface area contributed by atoms with E-state index in [0.717, 1.165) is 37.6 Å². The molecule has 5 heteroatoms. The maximum atomic E-state index is 6.24. The predicted octanol–water partition coefficient (Wildman–Crippen LogP) is 6.64. The van der Waals surface area contributed by atoms with Crippen molar-refractivity contribution in [1.29, 1.82) is 0 Å². The molecule has 0 N–H and O–H groups in total. The average Bonchev–Trinajstić information content (AvgIpc) is 3.71. The highest BCUT2D eigenvalue weighted by molar-refractivity contribution is 7.25. The van der Waals surface area contributed by atoms with Gasteiger partial charge in [-0.25, -0.2) is 0 Å². The summed E-state index contributed by atoms with van der Waals surface area (Å²) in [6.07, 6.45) is 2.68. The Labute approximate surface area is 188 Å². The van der Waals surface area contributed by atoms with Crippen molar-refractivity contribution in [3.05, 3.63) is 35.4 Å². The van der Waals surface area contributed by atoms with Gasteiger partial charge in [-0.2, -0.15) is 0 Å². The number of rotatable bonds is 10. The molecule has 3 aromatic rings. The summed E-state index contributed by atoms with van der Waals surface area (Å²) < 4.78 is 25.8. The smallest absolute Gasteiger partial charge is 0.123 e.